The topological polar surface area (TPSA) is 105 Å². The standard InChI is InChI=1S/C23H24N6O3/c1-27(2)17-9-7-16(8-10-17)15-29-20(11-13-24-29)25-21(30)12-14-28-23(32)19-6-4-3-5-18(19)22(31)26-28/h3-11,13H,12,14-15H2,1-2H3,(H,25,30)(H,26,31). The highest BCUT2D eigenvalue weighted by Gasteiger charge is 2.11. The van der Waals surface area contributed by atoms with E-state index in [1.54, 1.807) is 41.2 Å². The van der Waals surface area contributed by atoms with Crippen LogP contribution in [0.15, 0.2) is 70.4 Å². The van der Waals surface area contributed by atoms with E-state index in [0.29, 0.717) is 23.1 Å². The third kappa shape index (κ3) is 4.46. The van der Waals surface area contributed by atoms with E-state index < -0.39 is 0 Å². The average molecular weight is 432 g/mol. The van der Waals surface area contributed by atoms with Gasteiger partial charge < -0.3 is 10.2 Å². The molecule has 0 bridgehead atoms. The molecule has 2 aromatic heterocycles. The number of fused-ring (bicyclic) bond motifs is 1. The highest BCUT2D eigenvalue weighted by Crippen LogP contribution is 2.15. The van der Waals surface area contributed by atoms with E-state index in [-0.39, 0.29) is 30.0 Å². The summed E-state index contributed by atoms with van der Waals surface area (Å²) in [5.74, 6) is 0.279. The van der Waals surface area contributed by atoms with Crippen LogP contribution < -0.4 is 21.3 Å². The molecule has 0 aliphatic rings. The summed E-state index contributed by atoms with van der Waals surface area (Å²) in [4.78, 5) is 39.3. The van der Waals surface area contributed by atoms with Gasteiger partial charge in [0.25, 0.3) is 11.1 Å². The highest BCUT2D eigenvalue weighted by atomic mass is 16.2. The zero-order valence-electron chi connectivity index (χ0n) is 17.9. The van der Waals surface area contributed by atoms with E-state index in [4.69, 9.17) is 0 Å². The number of hydrogen-bond acceptors (Lipinski definition) is 5. The maximum Gasteiger partial charge on any atom is 0.273 e. The number of hydrogen-bond donors (Lipinski definition) is 2. The monoisotopic (exact) mass is 432 g/mol. The van der Waals surface area contributed by atoms with Crippen molar-refractivity contribution >= 4 is 28.2 Å². The molecule has 0 aliphatic carbocycles. The molecule has 4 aromatic rings. The third-order valence-electron chi connectivity index (χ3n) is 5.22. The van der Waals surface area contributed by atoms with Crippen LogP contribution in [0.2, 0.25) is 0 Å². The molecule has 2 heterocycles. The number of anilines is 2. The number of amides is 1. The largest absolute Gasteiger partial charge is 0.378 e. The van der Waals surface area contributed by atoms with Crippen LogP contribution in [0.5, 0.6) is 0 Å². The van der Waals surface area contributed by atoms with Crippen LogP contribution in [0.3, 0.4) is 0 Å². The summed E-state index contributed by atoms with van der Waals surface area (Å²) < 4.78 is 2.88. The number of carbonyl (C=O) groups excluding carboxylic acids is 1. The zero-order chi connectivity index (χ0) is 22.7. The van der Waals surface area contributed by atoms with Gasteiger partial charge in [0.1, 0.15) is 5.82 Å². The molecule has 32 heavy (non-hydrogen) atoms. The van der Waals surface area contributed by atoms with Crippen molar-refractivity contribution in [3.8, 4) is 0 Å². The average Bonchev–Trinajstić information content (AvgIpc) is 3.22. The molecule has 0 aliphatic heterocycles. The van der Waals surface area contributed by atoms with Crippen molar-refractivity contribution in [1.29, 1.82) is 0 Å². The Hall–Kier alpha value is -4.14. The third-order valence-corrected chi connectivity index (χ3v) is 5.22. The van der Waals surface area contributed by atoms with Crippen LogP contribution in [-0.4, -0.2) is 39.6 Å². The first kappa shape index (κ1) is 21.1. The van der Waals surface area contributed by atoms with E-state index in [1.807, 2.05) is 43.3 Å². The van der Waals surface area contributed by atoms with Gasteiger partial charge >= 0.3 is 0 Å². The number of aromatic nitrogens is 4. The van der Waals surface area contributed by atoms with Gasteiger partial charge in [0, 0.05) is 32.3 Å². The van der Waals surface area contributed by atoms with Crippen LogP contribution in [0.4, 0.5) is 11.5 Å². The minimum atomic E-state index is -0.362. The van der Waals surface area contributed by atoms with Gasteiger partial charge in [0.15, 0.2) is 0 Å². The van der Waals surface area contributed by atoms with Crippen LogP contribution >= 0.6 is 0 Å². The molecular weight excluding hydrogens is 408 g/mol. The first-order valence-electron chi connectivity index (χ1n) is 10.2. The summed E-state index contributed by atoms with van der Waals surface area (Å²) in [7, 11) is 3.97. The maximum absolute atomic E-state index is 12.6. The van der Waals surface area contributed by atoms with Crippen molar-refractivity contribution < 1.29 is 4.79 Å². The van der Waals surface area contributed by atoms with E-state index in [0.717, 1.165) is 11.3 Å². The maximum atomic E-state index is 12.6. The summed E-state index contributed by atoms with van der Waals surface area (Å²) in [6, 6.07) is 16.4. The molecule has 1 amide bonds. The predicted octanol–water partition coefficient (Wildman–Crippen LogP) is 2.03. The van der Waals surface area contributed by atoms with Gasteiger partial charge in [-0.15, -0.1) is 0 Å². The number of benzene rings is 2. The van der Waals surface area contributed by atoms with Crippen LogP contribution in [0.1, 0.15) is 12.0 Å². The predicted molar refractivity (Wildman–Crippen MR) is 124 cm³/mol. The first-order chi connectivity index (χ1) is 15.4. The number of H-pyrrole nitrogens is 1. The fourth-order valence-electron chi connectivity index (χ4n) is 3.46. The Kier molecular flexibility index (Phi) is 5.89. The molecule has 9 nitrogen and oxygen atoms in total. The van der Waals surface area contributed by atoms with Crippen LogP contribution in [0, 0.1) is 0 Å². The second kappa shape index (κ2) is 8.93. The fourth-order valence-corrected chi connectivity index (χ4v) is 3.46. The Bertz CT molecular complexity index is 1370. The number of aryl methyl sites for hydroxylation is 1. The second-order valence-electron chi connectivity index (χ2n) is 7.68. The zero-order valence-corrected chi connectivity index (χ0v) is 17.9. The summed E-state index contributed by atoms with van der Waals surface area (Å²) in [6.45, 7) is 0.568. The second-order valence-corrected chi connectivity index (χ2v) is 7.68. The summed E-state index contributed by atoms with van der Waals surface area (Å²) in [5.41, 5.74) is 1.46. The lowest BCUT2D eigenvalue weighted by molar-refractivity contribution is -0.116. The van der Waals surface area contributed by atoms with E-state index in [2.05, 4.69) is 15.5 Å². The van der Waals surface area contributed by atoms with Gasteiger partial charge in [-0.1, -0.05) is 24.3 Å². The molecule has 0 atom stereocenters. The quantitative estimate of drug-likeness (QED) is 0.465. The van der Waals surface area contributed by atoms with Gasteiger partial charge in [-0.05, 0) is 29.8 Å². The van der Waals surface area contributed by atoms with Gasteiger partial charge in [0.05, 0.1) is 30.1 Å². The molecule has 2 aromatic carbocycles. The molecule has 4 rings (SSSR count). The van der Waals surface area contributed by atoms with Gasteiger partial charge in [-0.3, -0.25) is 19.5 Å². The van der Waals surface area contributed by atoms with Crippen molar-refractivity contribution in [1.82, 2.24) is 19.6 Å². The summed E-state index contributed by atoms with van der Waals surface area (Å²) in [5, 5.41) is 10.3. The lowest BCUT2D eigenvalue weighted by Gasteiger charge is -2.13. The Morgan fingerprint density at radius 3 is 2.47 bits per heavy atom. The molecule has 0 spiro atoms. The molecule has 0 saturated heterocycles. The van der Waals surface area contributed by atoms with E-state index in [9.17, 15) is 14.4 Å². The van der Waals surface area contributed by atoms with E-state index in [1.165, 1.54) is 4.68 Å². The SMILES string of the molecule is CN(C)c1ccc(Cn2nccc2NC(=O)CCn2[nH]c(=O)c3ccccc3c2=O)cc1. The summed E-state index contributed by atoms with van der Waals surface area (Å²) >= 11 is 0. The lowest BCUT2D eigenvalue weighted by Crippen LogP contribution is -2.31. The van der Waals surface area contributed by atoms with Gasteiger partial charge in [0.2, 0.25) is 5.91 Å². The number of rotatable bonds is 7. The van der Waals surface area contributed by atoms with Crippen molar-refractivity contribution in [3.63, 3.8) is 0 Å². The normalized spacial score (nSPS) is 10.9. The van der Waals surface area contributed by atoms with Crippen molar-refractivity contribution in [2.24, 2.45) is 0 Å². The Morgan fingerprint density at radius 2 is 1.75 bits per heavy atom. The molecule has 2 N–H and O–H groups in total. The van der Waals surface area contributed by atoms with E-state index >= 15 is 0 Å². The first-order valence-corrected chi connectivity index (χ1v) is 10.2. The Labute approximate surface area is 183 Å². The number of carbonyl (C=O) groups is 1. The molecule has 0 saturated carbocycles. The molecule has 9 heteroatoms. The minimum Gasteiger partial charge on any atom is -0.378 e. The Morgan fingerprint density at radius 1 is 1.03 bits per heavy atom. The molecule has 164 valence electrons. The molecular formula is C23H24N6O3. The van der Waals surface area contributed by atoms with Crippen molar-refractivity contribution in [2.75, 3.05) is 24.3 Å². The van der Waals surface area contributed by atoms with Crippen LogP contribution in [-0.2, 0) is 17.9 Å². The van der Waals surface area contributed by atoms with Crippen molar-refractivity contribution in [3.05, 3.63) is 87.1 Å². The van der Waals surface area contributed by atoms with Crippen molar-refractivity contribution in [2.45, 2.75) is 19.5 Å². The fraction of sp³-hybridized carbons (Fsp3) is 0.217. The number of nitrogens with zero attached hydrogens (tertiary/aromatic N) is 4. The van der Waals surface area contributed by atoms with Gasteiger partial charge in [-0.25, -0.2) is 9.36 Å². The number of nitrogens with one attached hydrogen (secondary N) is 2. The Balaban J connectivity index is 1.42. The van der Waals surface area contributed by atoms with Crippen LogP contribution in [0.25, 0.3) is 10.8 Å². The number of aromatic amines is 1. The highest BCUT2D eigenvalue weighted by molar-refractivity contribution is 5.89. The summed E-state index contributed by atoms with van der Waals surface area (Å²) in [6.07, 6.45) is 1.64. The van der Waals surface area contributed by atoms with Gasteiger partial charge in [-0.2, -0.15) is 5.10 Å². The minimum absolute atomic E-state index is 0.0247. The molecule has 0 fully saturated rings. The molecule has 0 unspecified atom stereocenters. The smallest absolute Gasteiger partial charge is 0.273 e. The lowest BCUT2D eigenvalue weighted by atomic mass is 10.2. The molecule has 0 radical (unpaired) electrons.